The maximum absolute atomic E-state index is 12.5. The molecule has 0 saturated carbocycles. The molecule has 0 saturated heterocycles. The van der Waals surface area contributed by atoms with Crippen molar-refractivity contribution in [2.24, 2.45) is 0 Å². The Morgan fingerprint density at radius 2 is 0.900 bits per heavy atom. The van der Waals surface area contributed by atoms with Gasteiger partial charge in [0.1, 0.15) is 11.2 Å². The predicted octanol–water partition coefficient (Wildman–Crippen LogP) is 5.87. The number of hydrogen-bond donors (Lipinski definition) is 0. The van der Waals surface area contributed by atoms with Crippen molar-refractivity contribution in [3.05, 3.63) is 106 Å². The van der Waals surface area contributed by atoms with Crippen LogP contribution in [0.4, 0.5) is 0 Å². The average Bonchev–Trinajstić information content (AvgIpc) is 2.78. The largest absolute Gasteiger partial charge is 0.422 e. The minimum Gasteiger partial charge on any atom is -0.422 e. The number of benzene rings is 4. The van der Waals surface area contributed by atoms with Crippen molar-refractivity contribution in [2.45, 2.75) is 0 Å². The molecule has 0 aliphatic rings. The van der Waals surface area contributed by atoms with Crippen LogP contribution in [-0.2, 0) is 0 Å². The summed E-state index contributed by atoms with van der Waals surface area (Å²) in [5.41, 5.74) is 1.41. The topological polar surface area (TPSA) is 60.4 Å². The fourth-order valence-electron chi connectivity index (χ4n) is 4.23. The molecule has 4 nitrogen and oxygen atoms in total. The molecule has 0 fully saturated rings. The minimum atomic E-state index is -0.462. The molecule has 0 amide bonds. The number of fused-ring (bicyclic) bond motifs is 6. The standard InChI is InChI=1S/C26H14O4/c27-23-13-21(19-11-9-15-5-1-3-7-17(15)25(19)29-23)22-14-24(28)30-26-18-8-4-2-6-16(18)10-12-20(22)26/h1-14H. The second-order valence-electron chi connectivity index (χ2n) is 7.28. The van der Waals surface area contributed by atoms with Gasteiger partial charge in [0, 0.05) is 44.8 Å². The monoisotopic (exact) mass is 390 g/mol. The second-order valence-corrected chi connectivity index (χ2v) is 7.28. The van der Waals surface area contributed by atoms with E-state index in [1.807, 2.05) is 72.8 Å². The third-order valence-corrected chi connectivity index (χ3v) is 5.56. The summed E-state index contributed by atoms with van der Waals surface area (Å²) >= 11 is 0. The summed E-state index contributed by atoms with van der Waals surface area (Å²) in [6.07, 6.45) is 0. The van der Waals surface area contributed by atoms with Gasteiger partial charge < -0.3 is 8.83 Å². The van der Waals surface area contributed by atoms with Crippen LogP contribution in [0.15, 0.2) is 103 Å². The fraction of sp³-hybridized carbons (Fsp3) is 0. The molecule has 0 aliphatic heterocycles. The Hall–Kier alpha value is -4.18. The fourth-order valence-corrected chi connectivity index (χ4v) is 4.23. The zero-order valence-electron chi connectivity index (χ0n) is 15.7. The van der Waals surface area contributed by atoms with Gasteiger partial charge in [-0.3, -0.25) is 0 Å². The van der Waals surface area contributed by atoms with E-state index in [1.54, 1.807) is 0 Å². The van der Waals surface area contributed by atoms with E-state index in [4.69, 9.17) is 8.83 Å². The summed E-state index contributed by atoms with van der Waals surface area (Å²) < 4.78 is 11.2. The molecular weight excluding hydrogens is 376 g/mol. The van der Waals surface area contributed by atoms with Gasteiger partial charge in [-0.25, -0.2) is 9.59 Å². The summed E-state index contributed by atoms with van der Waals surface area (Å²) in [7, 11) is 0. The van der Waals surface area contributed by atoms with E-state index in [2.05, 4.69) is 0 Å². The second kappa shape index (κ2) is 6.16. The van der Waals surface area contributed by atoms with Crippen LogP contribution in [0.2, 0.25) is 0 Å². The Bertz CT molecular complexity index is 1610. The SMILES string of the molecule is O=c1cc(-c2cc(=O)oc3c2ccc2ccccc23)c2ccc3ccccc3c2o1. The van der Waals surface area contributed by atoms with E-state index >= 15 is 0 Å². The van der Waals surface area contributed by atoms with Gasteiger partial charge in [0.25, 0.3) is 0 Å². The highest BCUT2D eigenvalue weighted by Gasteiger charge is 2.16. The lowest BCUT2D eigenvalue weighted by Gasteiger charge is -2.11. The van der Waals surface area contributed by atoms with Gasteiger partial charge in [0.15, 0.2) is 0 Å². The molecule has 0 atom stereocenters. The highest BCUT2D eigenvalue weighted by molar-refractivity contribution is 6.14. The Balaban J connectivity index is 1.80. The molecule has 0 N–H and O–H groups in total. The van der Waals surface area contributed by atoms with Crippen LogP contribution in [0.25, 0.3) is 54.6 Å². The van der Waals surface area contributed by atoms with Gasteiger partial charge in [0.2, 0.25) is 0 Å². The van der Waals surface area contributed by atoms with Crippen molar-refractivity contribution in [1.82, 2.24) is 0 Å². The van der Waals surface area contributed by atoms with E-state index in [0.717, 1.165) is 32.3 Å². The van der Waals surface area contributed by atoms with Crippen molar-refractivity contribution in [3.8, 4) is 11.1 Å². The Morgan fingerprint density at radius 1 is 0.467 bits per heavy atom. The number of hydrogen-bond acceptors (Lipinski definition) is 4. The molecule has 0 unspecified atom stereocenters. The van der Waals surface area contributed by atoms with Gasteiger partial charge >= 0.3 is 11.3 Å². The molecule has 30 heavy (non-hydrogen) atoms. The lowest BCUT2D eigenvalue weighted by atomic mass is 9.95. The summed E-state index contributed by atoms with van der Waals surface area (Å²) in [6, 6.07) is 26.2. The molecule has 4 heteroatoms. The van der Waals surface area contributed by atoms with Crippen LogP contribution in [0.1, 0.15) is 0 Å². The summed E-state index contributed by atoms with van der Waals surface area (Å²) in [5, 5.41) is 5.21. The quantitative estimate of drug-likeness (QED) is 0.260. The molecule has 0 radical (unpaired) electrons. The van der Waals surface area contributed by atoms with Crippen LogP contribution in [0.5, 0.6) is 0 Å². The normalized spacial score (nSPS) is 11.6. The first-order valence-corrected chi connectivity index (χ1v) is 9.61. The van der Waals surface area contributed by atoms with Crippen LogP contribution in [0, 0.1) is 0 Å². The van der Waals surface area contributed by atoms with Gasteiger partial charge in [-0.05, 0) is 22.9 Å². The first kappa shape index (κ1) is 16.7. The minimum absolute atomic E-state index is 0.462. The van der Waals surface area contributed by atoms with Crippen LogP contribution in [0.3, 0.4) is 0 Å². The molecule has 4 aromatic carbocycles. The third-order valence-electron chi connectivity index (χ3n) is 5.56. The van der Waals surface area contributed by atoms with Crippen molar-refractivity contribution in [2.75, 3.05) is 0 Å². The van der Waals surface area contributed by atoms with Crippen molar-refractivity contribution in [1.29, 1.82) is 0 Å². The maximum Gasteiger partial charge on any atom is 0.336 e. The van der Waals surface area contributed by atoms with Crippen molar-refractivity contribution in [3.63, 3.8) is 0 Å². The lowest BCUT2D eigenvalue weighted by Crippen LogP contribution is -2.02. The zero-order chi connectivity index (χ0) is 20.2. The molecule has 142 valence electrons. The first-order valence-electron chi connectivity index (χ1n) is 9.61. The van der Waals surface area contributed by atoms with E-state index in [1.165, 1.54) is 12.1 Å². The number of rotatable bonds is 1. The lowest BCUT2D eigenvalue weighted by molar-refractivity contribution is 0.562. The molecular formula is C26H14O4. The Labute approximate surface area is 169 Å². The molecule has 0 spiro atoms. The highest BCUT2D eigenvalue weighted by Crippen LogP contribution is 2.36. The summed E-state index contributed by atoms with van der Waals surface area (Å²) in [6.45, 7) is 0. The van der Waals surface area contributed by atoms with Gasteiger partial charge in [-0.1, -0.05) is 60.7 Å². The maximum atomic E-state index is 12.5. The van der Waals surface area contributed by atoms with E-state index in [0.29, 0.717) is 22.3 Å². The Morgan fingerprint density at radius 3 is 1.37 bits per heavy atom. The third kappa shape index (κ3) is 2.40. The molecule has 0 bridgehead atoms. The van der Waals surface area contributed by atoms with Gasteiger partial charge in [-0.15, -0.1) is 0 Å². The molecule has 0 aliphatic carbocycles. The van der Waals surface area contributed by atoms with E-state index in [9.17, 15) is 9.59 Å². The van der Waals surface area contributed by atoms with Crippen molar-refractivity contribution < 1.29 is 8.83 Å². The smallest absolute Gasteiger partial charge is 0.336 e. The predicted molar refractivity (Wildman–Crippen MR) is 119 cm³/mol. The highest BCUT2D eigenvalue weighted by atomic mass is 16.4. The molecule has 6 aromatic rings. The van der Waals surface area contributed by atoms with Crippen molar-refractivity contribution >= 4 is 43.5 Å². The summed E-state index contributed by atoms with van der Waals surface area (Å²) in [5.74, 6) is 0. The van der Waals surface area contributed by atoms with E-state index < -0.39 is 11.3 Å². The molecule has 2 aromatic heterocycles. The van der Waals surface area contributed by atoms with Crippen LogP contribution in [-0.4, -0.2) is 0 Å². The molecule has 6 rings (SSSR count). The van der Waals surface area contributed by atoms with Crippen LogP contribution >= 0.6 is 0 Å². The average molecular weight is 390 g/mol. The Kier molecular flexibility index (Phi) is 3.44. The summed E-state index contributed by atoms with van der Waals surface area (Å²) in [4.78, 5) is 25.0. The van der Waals surface area contributed by atoms with Crippen LogP contribution < -0.4 is 11.3 Å². The van der Waals surface area contributed by atoms with E-state index in [-0.39, 0.29) is 0 Å². The van der Waals surface area contributed by atoms with Gasteiger partial charge in [-0.2, -0.15) is 0 Å². The zero-order valence-corrected chi connectivity index (χ0v) is 15.7. The molecule has 2 heterocycles. The van der Waals surface area contributed by atoms with Gasteiger partial charge in [0.05, 0.1) is 0 Å². The first-order chi connectivity index (χ1) is 14.7.